The molecule has 1 aromatic rings. The van der Waals surface area contributed by atoms with Crippen molar-refractivity contribution in [3.63, 3.8) is 0 Å². The molecule has 1 N–H and O–H groups in total. The van der Waals surface area contributed by atoms with Crippen molar-refractivity contribution in [3.8, 4) is 0 Å². The fourth-order valence-corrected chi connectivity index (χ4v) is 2.28. The summed E-state index contributed by atoms with van der Waals surface area (Å²) in [5.74, 6) is -0.525. The van der Waals surface area contributed by atoms with Gasteiger partial charge < -0.3 is 9.84 Å². The fraction of sp³-hybridized carbons (Fsp3) is 0.429. The molecule has 0 unspecified atom stereocenters. The highest BCUT2D eigenvalue weighted by molar-refractivity contribution is 7.99. The molecule has 0 bridgehead atoms. The normalized spacial score (nSPS) is 15.3. The zero-order valence-corrected chi connectivity index (χ0v) is 12.1. The molecule has 0 fully saturated rings. The molecule has 1 atom stereocenters. The molecule has 0 saturated heterocycles. The van der Waals surface area contributed by atoms with Crippen molar-refractivity contribution in [2.75, 3.05) is 12.4 Å². The summed E-state index contributed by atoms with van der Waals surface area (Å²) in [6.07, 6.45) is -3.21. The molecule has 6 heteroatoms. The van der Waals surface area contributed by atoms with Crippen LogP contribution in [0.3, 0.4) is 0 Å². The lowest BCUT2D eigenvalue weighted by molar-refractivity contribution is -0.230. The standard InChI is InChI=1S/C14H17F3O2S/c1-3-19-9-8-13(18,14(15,16)17)10-20-12-6-4-11(2)5-7-12/h4-9,18H,3,10H2,1-2H3/b9-8+/t13-/m0/s1. The number of benzene rings is 1. The molecule has 20 heavy (non-hydrogen) atoms. The first-order valence-electron chi connectivity index (χ1n) is 6.06. The van der Waals surface area contributed by atoms with Crippen LogP contribution in [-0.2, 0) is 4.74 Å². The van der Waals surface area contributed by atoms with Crippen molar-refractivity contribution in [1.29, 1.82) is 0 Å². The van der Waals surface area contributed by atoms with Crippen molar-refractivity contribution in [1.82, 2.24) is 0 Å². The Balaban J connectivity index is 2.77. The van der Waals surface area contributed by atoms with E-state index in [4.69, 9.17) is 4.74 Å². The molecule has 0 spiro atoms. The molecule has 0 radical (unpaired) electrons. The summed E-state index contributed by atoms with van der Waals surface area (Å²) in [7, 11) is 0. The number of halogens is 3. The third-order valence-electron chi connectivity index (χ3n) is 2.58. The summed E-state index contributed by atoms with van der Waals surface area (Å²) < 4.78 is 43.5. The Morgan fingerprint density at radius 1 is 1.25 bits per heavy atom. The Morgan fingerprint density at radius 2 is 1.85 bits per heavy atom. The number of thioether (sulfide) groups is 1. The molecule has 0 aromatic heterocycles. The van der Waals surface area contributed by atoms with E-state index in [0.29, 0.717) is 11.0 Å². The number of hydrogen-bond acceptors (Lipinski definition) is 3. The molecule has 0 aliphatic rings. The average Bonchev–Trinajstić information content (AvgIpc) is 2.37. The minimum Gasteiger partial charge on any atom is -0.502 e. The molecular weight excluding hydrogens is 289 g/mol. The molecular formula is C14H17F3O2S. The third-order valence-corrected chi connectivity index (χ3v) is 3.77. The van der Waals surface area contributed by atoms with Gasteiger partial charge in [0.2, 0.25) is 0 Å². The minimum atomic E-state index is -4.75. The van der Waals surface area contributed by atoms with Gasteiger partial charge in [0.15, 0.2) is 5.60 Å². The van der Waals surface area contributed by atoms with E-state index in [1.165, 1.54) is 0 Å². The van der Waals surface area contributed by atoms with Crippen molar-refractivity contribution >= 4 is 11.8 Å². The van der Waals surface area contributed by atoms with Gasteiger partial charge in [-0.25, -0.2) is 0 Å². The monoisotopic (exact) mass is 306 g/mol. The predicted octanol–water partition coefficient (Wildman–Crippen LogP) is 3.93. The van der Waals surface area contributed by atoms with E-state index >= 15 is 0 Å². The average molecular weight is 306 g/mol. The van der Waals surface area contributed by atoms with Crippen LogP contribution in [0.5, 0.6) is 0 Å². The minimum absolute atomic E-state index is 0.246. The number of rotatable bonds is 6. The van der Waals surface area contributed by atoms with E-state index in [2.05, 4.69) is 0 Å². The Bertz CT molecular complexity index is 443. The summed E-state index contributed by atoms with van der Waals surface area (Å²) in [6.45, 7) is 3.79. The third kappa shape index (κ3) is 4.76. The van der Waals surface area contributed by atoms with Crippen molar-refractivity contribution in [3.05, 3.63) is 42.2 Å². The first-order valence-corrected chi connectivity index (χ1v) is 7.05. The SMILES string of the molecule is CCO/C=C/[C@](O)(CSc1ccc(C)cc1)C(F)(F)F. The molecule has 0 aliphatic heterocycles. The smallest absolute Gasteiger partial charge is 0.421 e. The molecule has 0 saturated carbocycles. The Labute approximate surface area is 120 Å². The van der Waals surface area contributed by atoms with Gasteiger partial charge in [-0.05, 0) is 32.1 Å². The first kappa shape index (κ1) is 16.9. The van der Waals surface area contributed by atoms with Gasteiger partial charge in [0, 0.05) is 10.6 Å². The number of hydrogen-bond donors (Lipinski definition) is 1. The Hall–Kier alpha value is -1.14. The zero-order chi connectivity index (χ0) is 15.2. The van der Waals surface area contributed by atoms with Crippen LogP contribution in [0, 0.1) is 6.92 Å². The van der Waals surface area contributed by atoms with Gasteiger partial charge in [-0.15, -0.1) is 11.8 Å². The molecule has 112 valence electrons. The van der Waals surface area contributed by atoms with Crippen molar-refractivity contribution in [2.24, 2.45) is 0 Å². The number of ether oxygens (including phenoxy) is 1. The van der Waals surface area contributed by atoms with E-state index < -0.39 is 17.5 Å². The molecule has 0 aliphatic carbocycles. The van der Waals surface area contributed by atoms with E-state index in [-0.39, 0.29) is 6.61 Å². The summed E-state index contributed by atoms with van der Waals surface area (Å²) in [5.41, 5.74) is -1.88. The lowest BCUT2D eigenvalue weighted by Gasteiger charge is -2.26. The fourth-order valence-electron chi connectivity index (χ4n) is 1.31. The summed E-state index contributed by atoms with van der Waals surface area (Å²) in [5, 5.41) is 9.78. The van der Waals surface area contributed by atoms with E-state index in [0.717, 1.165) is 23.6 Å². The van der Waals surface area contributed by atoms with Crippen LogP contribution in [0.2, 0.25) is 0 Å². The summed E-state index contributed by atoms with van der Waals surface area (Å²) in [6, 6.07) is 7.07. The number of aliphatic hydroxyl groups is 1. The first-order chi connectivity index (χ1) is 9.28. The van der Waals surface area contributed by atoms with Gasteiger partial charge in [-0.2, -0.15) is 13.2 Å². The molecule has 1 aromatic carbocycles. The zero-order valence-electron chi connectivity index (χ0n) is 11.3. The van der Waals surface area contributed by atoms with Crippen LogP contribution in [-0.4, -0.2) is 29.2 Å². The maximum Gasteiger partial charge on any atom is 0.421 e. The van der Waals surface area contributed by atoms with Gasteiger partial charge in [0.1, 0.15) is 0 Å². The second kappa shape index (κ2) is 7.04. The lowest BCUT2D eigenvalue weighted by atomic mass is 10.1. The molecule has 1 rings (SSSR count). The van der Waals surface area contributed by atoms with Gasteiger partial charge in [-0.3, -0.25) is 0 Å². The van der Waals surface area contributed by atoms with Gasteiger partial charge >= 0.3 is 6.18 Å². The van der Waals surface area contributed by atoms with Gasteiger partial charge in [0.05, 0.1) is 12.9 Å². The number of alkyl halides is 3. The second-order valence-electron chi connectivity index (χ2n) is 4.28. The van der Waals surface area contributed by atoms with Crippen LogP contribution < -0.4 is 0 Å². The highest BCUT2D eigenvalue weighted by atomic mass is 32.2. The maximum absolute atomic E-state index is 12.9. The highest BCUT2D eigenvalue weighted by Crippen LogP contribution is 2.36. The maximum atomic E-state index is 12.9. The summed E-state index contributed by atoms with van der Waals surface area (Å²) >= 11 is 0.944. The van der Waals surface area contributed by atoms with Gasteiger partial charge in [0.25, 0.3) is 0 Å². The Kier molecular flexibility index (Phi) is 5.95. The van der Waals surface area contributed by atoms with Crippen LogP contribution in [0.1, 0.15) is 12.5 Å². The Morgan fingerprint density at radius 3 is 2.35 bits per heavy atom. The van der Waals surface area contributed by atoms with E-state index in [1.54, 1.807) is 19.1 Å². The van der Waals surface area contributed by atoms with Crippen LogP contribution >= 0.6 is 11.8 Å². The molecule has 2 nitrogen and oxygen atoms in total. The predicted molar refractivity (Wildman–Crippen MR) is 73.7 cm³/mol. The van der Waals surface area contributed by atoms with E-state index in [9.17, 15) is 18.3 Å². The van der Waals surface area contributed by atoms with E-state index in [1.807, 2.05) is 19.1 Å². The quantitative estimate of drug-likeness (QED) is 0.638. The van der Waals surface area contributed by atoms with Gasteiger partial charge in [-0.1, -0.05) is 17.7 Å². The molecule has 0 heterocycles. The topological polar surface area (TPSA) is 29.5 Å². The van der Waals surface area contributed by atoms with Crippen LogP contribution in [0.4, 0.5) is 13.2 Å². The highest BCUT2D eigenvalue weighted by Gasteiger charge is 2.52. The number of aryl methyl sites for hydroxylation is 1. The van der Waals surface area contributed by atoms with Crippen LogP contribution in [0.25, 0.3) is 0 Å². The van der Waals surface area contributed by atoms with Crippen molar-refractivity contribution < 1.29 is 23.0 Å². The summed E-state index contributed by atoms with van der Waals surface area (Å²) in [4.78, 5) is 0.670. The largest absolute Gasteiger partial charge is 0.502 e. The molecule has 0 amide bonds. The second-order valence-corrected chi connectivity index (χ2v) is 5.33. The van der Waals surface area contributed by atoms with Crippen LogP contribution in [0.15, 0.2) is 41.5 Å². The lowest BCUT2D eigenvalue weighted by Crippen LogP contribution is -2.45. The van der Waals surface area contributed by atoms with Crippen molar-refractivity contribution in [2.45, 2.75) is 30.5 Å².